The van der Waals surface area contributed by atoms with Crippen LogP contribution < -0.4 is 5.32 Å². The molecular formula is C15H21N3O3. The molecule has 0 radical (unpaired) electrons. The zero-order valence-electron chi connectivity index (χ0n) is 12.2. The number of hydrogen-bond acceptors (Lipinski definition) is 3. The van der Waals surface area contributed by atoms with E-state index in [1.807, 2.05) is 25.1 Å². The molecule has 2 atom stereocenters. The zero-order valence-corrected chi connectivity index (χ0v) is 12.2. The number of piperidine rings is 1. The predicted molar refractivity (Wildman–Crippen MR) is 77.8 cm³/mol. The van der Waals surface area contributed by atoms with Gasteiger partial charge in [0.1, 0.15) is 0 Å². The van der Waals surface area contributed by atoms with E-state index in [-0.39, 0.29) is 24.5 Å². The highest BCUT2D eigenvalue weighted by Gasteiger charge is 2.29. The van der Waals surface area contributed by atoms with Crippen molar-refractivity contribution in [3.8, 4) is 0 Å². The number of carboxylic acids is 1. The third-order valence-corrected chi connectivity index (χ3v) is 3.77. The van der Waals surface area contributed by atoms with Crippen molar-refractivity contribution < 1.29 is 14.7 Å². The molecule has 2 heterocycles. The fourth-order valence-corrected chi connectivity index (χ4v) is 2.66. The molecule has 0 aromatic carbocycles. The standard InChI is InChI=1S/C15H21N3O3/c1-11(13-7-2-4-8-16-13)17-15(21)18-9-5-3-6-12(18)10-14(19)20/h2,4,7-8,11-12H,3,5-6,9-10H2,1H3,(H,17,21)(H,19,20). The van der Waals surface area contributed by atoms with Crippen molar-refractivity contribution in [3.63, 3.8) is 0 Å². The molecule has 1 aliphatic rings. The zero-order chi connectivity index (χ0) is 15.2. The summed E-state index contributed by atoms with van der Waals surface area (Å²) in [6.07, 6.45) is 4.33. The lowest BCUT2D eigenvalue weighted by molar-refractivity contribution is -0.138. The van der Waals surface area contributed by atoms with Gasteiger partial charge in [-0.25, -0.2) is 4.79 Å². The Morgan fingerprint density at radius 2 is 2.29 bits per heavy atom. The topological polar surface area (TPSA) is 82.5 Å². The van der Waals surface area contributed by atoms with Crippen molar-refractivity contribution in [2.75, 3.05) is 6.54 Å². The molecule has 1 aromatic heterocycles. The number of amides is 2. The van der Waals surface area contributed by atoms with Gasteiger partial charge in [-0.3, -0.25) is 9.78 Å². The summed E-state index contributed by atoms with van der Waals surface area (Å²) in [7, 11) is 0. The summed E-state index contributed by atoms with van der Waals surface area (Å²) in [5.74, 6) is -0.863. The maximum Gasteiger partial charge on any atom is 0.318 e. The number of likely N-dealkylation sites (tertiary alicyclic amines) is 1. The molecule has 1 fully saturated rings. The highest BCUT2D eigenvalue weighted by atomic mass is 16.4. The Bertz CT molecular complexity index is 492. The van der Waals surface area contributed by atoms with Crippen molar-refractivity contribution in [1.29, 1.82) is 0 Å². The van der Waals surface area contributed by atoms with Gasteiger partial charge in [-0.15, -0.1) is 0 Å². The fraction of sp³-hybridized carbons (Fsp3) is 0.533. The Morgan fingerprint density at radius 3 is 2.95 bits per heavy atom. The van der Waals surface area contributed by atoms with Crippen LogP contribution in [0, 0.1) is 0 Å². The van der Waals surface area contributed by atoms with Gasteiger partial charge in [0.05, 0.1) is 18.2 Å². The molecule has 0 saturated carbocycles. The summed E-state index contributed by atoms with van der Waals surface area (Å²) in [5.41, 5.74) is 0.789. The molecule has 6 nitrogen and oxygen atoms in total. The highest BCUT2D eigenvalue weighted by molar-refractivity contribution is 5.76. The molecule has 114 valence electrons. The number of nitrogens with zero attached hydrogens (tertiary/aromatic N) is 2. The number of carbonyl (C=O) groups excluding carboxylic acids is 1. The normalized spacial score (nSPS) is 19.9. The van der Waals surface area contributed by atoms with Crippen LogP contribution in [0.2, 0.25) is 0 Å². The van der Waals surface area contributed by atoms with Crippen LogP contribution in [0.25, 0.3) is 0 Å². The lowest BCUT2D eigenvalue weighted by Gasteiger charge is -2.35. The number of urea groups is 1. The molecule has 2 unspecified atom stereocenters. The molecule has 0 bridgehead atoms. The van der Waals surface area contributed by atoms with Gasteiger partial charge >= 0.3 is 12.0 Å². The minimum Gasteiger partial charge on any atom is -0.481 e. The number of aromatic nitrogens is 1. The van der Waals surface area contributed by atoms with Crippen molar-refractivity contribution >= 4 is 12.0 Å². The Hall–Kier alpha value is -2.11. The van der Waals surface area contributed by atoms with Crippen LogP contribution in [0.4, 0.5) is 4.79 Å². The lowest BCUT2D eigenvalue weighted by Crippen LogP contribution is -2.49. The van der Waals surface area contributed by atoms with Crippen LogP contribution in [0.5, 0.6) is 0 Å². The lowest BCUT2D eigenvalue weighted by atomic mass is 10.00. The first kappa shape index (κ1) is 15.3. The average molecular weight is 291 g/mol. The van der Waals surface area contributed by atoms with Crippen molar-refractivity contribution in [2.45, 2.75) is 44.7 Å². The maximum atomic E-state index is 12.4. The van der Waals surface area contributed by atoms with E-state index in [2.05, 4.69) is 10.3 Å². The maximum absolute atomic E-state index is 12.4. The third kappa shape index (κ3) is 4.18. The van der Waals surface area contributed by atoms with Gasteiger partial charge in [-0.05, 0) is 38.3 Å². The number of carbonyl (C=O) groups is 2. The summed E-state index contributed by atoms with van der Waals surface area (Å²) in [6, 6.07) is 4.93. The van der Waals surface area contributed by atoms with E-state index in [1.54, 1.807) is 11.1 Å². The Balaban J connectivity index is 1.98. The van der Waals surface area contributed by atoms with Gasteiger partial charge in [-0.2, -0.15) is 0 Å². The molecule has 21 heavy (non-hydrogen) atoms. The summed E-state index contributed by atoms with van der Waals surface area (Å²) in [6.45, 7) is 2.48. The van der Waals surface area contributed by atoms with E-state index in [0.29, 0.717) is 6.54 Å². The first-order valence-corrected chi connectivity index (χ1v) is 7.28. The van der Waals surface area contributed by atoms with Gasteiger partial charge in [0.15, 0.2) is 0 Å². The molecule has 0 aliphatic carbocycles. The molecule has 1 saturated heterocycles. The second kappa shape index (κ2) is 7.06. The monoisotopic (exact) mass is 291 g/mol. The van der Waals surface area contributed by atoms with Crippen LogP contribution >= 0.6 is 0 Å². The second-order valence-electron chi connectivity index (χ2n) is 5.37. The molecule has 1 aliphatic heterocycles. The molecule has 0 spiro atoms. The first-order chi connectivity index (χ1) is 10.1. The molecule has 2 amide bonds. The third-order valence-electron chi connectivity index (χ3n) is 3.77. The number of aliphatic carboxylic acids is 1. The van der Waals surface area contributed by atoms with Crippen molar-refractivity contribution in [3.05, 3.63) is 30.1 Å². The quantitative estimate of drug-likeness (QED) is 0.890. The van der Waals surface area contributed by atoms with Gasteiger partial charge in [0.25, 0.3) is 0 Å². The van der Waals surface area contributed by atoms with E-state index in [9.17, 15) is 9.59 Å². The first-order valence-electron chi connectivity index (χ1n) is 7.28. The number of rotatable bonds is 4. The summed E-state index contributed by atoms with van der Waals surface area (Å²) in [4.78, 5) is 29.1. The number of hydrogen-bond donors (Lipinski definition) is 2. The SMILES string of the molecule is CC(NC(=O)N1CCCCC1CC(=O)O)c1ccccn1. The second-order valence-corrected chi connectivity index (χ2v) is 5.37. The van der Waals surface area contributed by atoms with E-state index in [4.69, 9.17) is 5.11 Å². The van der Waals surface area contributed by atoms with Gasteiger partial charge in [0, 0.05) is 18.8 Å². The average Bonchev–Trinajstić information content (AvgIpc) is 2.48. The van der Waals surface area contributed by atoms with E-state index in [1.165, 1.54) is 0 Å². The van der Waals surface area contributed by atoms with Crippen LogP contribution in [0.1, 0.15) is 44.3 Å². The van der Waals surface area contributed by atoms with Gasteiger partial charge in [0.2, 0.25) is 0 Å². The van der Waals surface area contributed by atoms with Gasteiger partial charge < -0.3 is 15.3 Å². The number of pyridine rings is 1. The Kier molecular flexibility index (Phi) is 5.14. The van der Waals surface area contributed by atoms with E-state index in [0.717, 1.165) is 25.0 Å². The summed E-state index contributed by atoms with van der Waals surface area (Å²) in [5, 5.41) is 11.9. The van der Waals surface area contributed by atoms with E-state index >= 15 is 0 Å². The largest absolute Gasteiger partial charge is 0.481 e. The highest BCUT2D eigenvalue weighted by Crippen LogP contribution is 2.20. The van der Waals surface area contributed by atoms with Crippen LogP contribution in [-0.4, -0.2) is 39.6 Å². The Labute approximate surface area is 124 Å². The smallest absolute Gasteiger partial charge is 0.318 e. The predicted octanol–water partition coefficient (Wildman–Crippen LogP) is 2.18. The molecule has 2 N–H and O–H groups in total. The van der Waals surface area contributed by atoms with Crippen molar-refractivity contribution in [1.82, 2.24) is 15.2 Å². The number of nitrogens with one attached hydrogen (secondary N) is 1. The van der Waals surface area contributed by atoms with Crippen molar-refractivity contribution in [2.24, 2.45) is 0 Å². The van der Waals surface area contributed by atoms with Crippen LogP contribution in [0.15, 0.2) is 24.4 Å². The minimum atomic E-state index is -0.863. The van der Waals surface area contributed by atoms with Gasteiger partial charge in [-0.1, -0.05) is 6.07 Å². The summed E-state index contributed by atoms with van der Waals surface area (Å²) < 4.78 is 0. The molecular weight excluding hydrogens is 270 g/mol. The van der Waals surface area contributed by atoms with E-state index < -0.39 is 5.97 Å². The minimum absolute atomic E-state index is 0.00535. The summed E-state index contributed by atoms with van der Waals surface area (Å²) >= 11 is 0. The fourth-order valence-electron chi connectivity index (χ4n) is 2.66. The Morgan fingerprint density at radius 1 is 1.48 bits per heavy atom. The molecule has 1 aromatic rings. The van der Waals surface area contributed by atoms with Crippen LogP contribution in [-0.2, 0) is 4.79 Å². The number of carboxylic acid groups (broad SMARTS) is 1. The molecule has 2 rings (SSSR count). The van der Waals surface area contributed by atoms with Crippen LogP contribution in [0.3, 0.4) is 0 Å². The molecule has 6 heteroatoms.